The van der Waals surface area contributed by atoms with Crippen molar-refractivity contribution < 1.29 is 4.52 Å². The number of rotatable bonds is 3. The number of fused-ring (bicyclic) bond motifs is 1. The highest BCUT2D eigenvalue weighted by atomic mass is 16.5. The van der Waals surface area contributed by atoms with Crippen molar-refractivity contribution in [3.05, 3.63) is 36.5 Å². The van der Waals surface area contributed by atoms with Gasteiger partial charge in [0, 0.05) is 5.39 Å². The van der Waals surface area contributed by atoms with E-state index in [0.29, 0.717) is 18.2 Å². The van der Waals surface area contributed by atoms with Crippen LogP contribution in [0.5, 0.6) is 0 Å². The van der Waals surface area contributed by atoms with Crippen LogP contribution in [0, 0.1) is 0 Å². The average molecular weight is 242 g/mol. The molecule has 1 aromatic carbocycles. The molecule has 7 nitrogen and oxygen atoms in total. The Hall–Kier alpha value is -2.70. The van der Waals surface area contributed by atoms with Crippen molar-refractivity contribution in [2.24, 2.45) is 0 Å². The van der Waals surface area contributed by atoms with Gasteiger partial charge in [-0.25, -0.2) is 4.98 Å². The monoisotopic (exact) mass is 242 g/mol. The number of para-hydroxylation sites is 1. The second-order valence-corrected chi connectivity index (χ2v) is 3.65. The number of hydrogen-bond acceptors (Lipinski definition) is 7. The first-order valence-corrected chi connectivity index (χ1v) is 5.34. The van der Waals surface area contributed by atoms with Crippen LogP contribution in [-0.2, 0) is 6.54 Å². The minimum Gasteiger partial charge on any atom is -0.368 e. The van der Waals surface area contributed by atoms with Gasteiger partial charge in [0.1, 0.15) is 5.82 Å². The molecule has 0 aliphatic heterocycles. The van der Waals surface area contributed by atoms with Gasteiger partial charge in [-0.1, -0.05) is 17.3 Å². The van der Waals surface area contributed by atoms with Gasteiger partial charge in [-0.05, 0) is 12.1 Å². The molecule has 0 radical (unpaired) electrons. The highest BCUT2D eigenvalue weighted by Gasteiger charge is 2.06. The smallest absolute Gasteiger partial charge is 0.222 e. The quantitative estimate of drug-likeness (QED) is 0.711. The fraction of sp³-hybridized carbons (Fsp3) is 0.0909. The van der Waals surface area contributed by atoms with E-state index < -0.39 is 0 Å². The lowest BCUT2D eigenvalue weighted by Crippen LogP contribution is -2.06. The molecule has 18 heavy (non-hydrogen) atoms. The number of nitrogen functional groups attached to an aromatic ring is 1. The molecule has 2 heterocycles. The van der Waals surface area contributed by atoms with Crippen molar-refractivity contribution in [2.45, 2.75) is 6.54 Å². The maximum absolute atomic E-state index is 5.66. The number of hydrogen-bond donors (Lipinski definition) is 2. The Balaban J connectivity index is 1.95. The molecular weight excluding hydrogens is 232 g/mol. The maximum Gasteiger partial charge on any atom is 0.222 e. The first-order chi connectivity index (χ1) is 8.83. The second kappa shape index (κ2) is 4.28. The molecule has 0 aliphatic carbocycles. The summed E-state index contributed by atoms with van der Waals surface area (Å²) in [5.41, 5.74) is 6.45. The molecule has 0 saturated heterocycles. The van der Waals surface area contributed by atoms with Crippen molar-refractivity contribution in [3.8, 4) is 0 Å². The van der Waals surface area contributed by atoms with Crippen molar-refractivity contribution >= 4 is 22.7 Å². The fourth-order valence-electron chi connectivity index (χ4n) is 1.66. The van der Waals surface area contributed by atoms with Gasteiger partial charge in [0.15, 0.2) is 5.82 Å². The van der Waals surface area contributed by atoms with Crippen LogP contribution >= 0.6 is 0 Å². The van der Waals surface area contributed by atoms with E-state index in [4.69, 9.17) is 5.73 Å². The molecule has 0 atom stereocenters. The molecule has 7 heteroatoms. The third-order valence-corrected chi connectivity index (χ3v) is 2.44. The van der Waals surface area contributed by atoms with Crippen LogP contribution in [0.1, 0.15) is 5.82 Å². The molecule has 0 amide bonds. The topological polar surface area (TPSA) is 103 Å². The lowest BCUT2D eigenvalue weighted by molar-refractivity contribution is 0.411. The summed E-state index contributed by atoms with van der Waals surface area (Å²) in [5, 5.41) is 7.72. The zero-order chi connectivity index (χ0) is 12.4. The Morgan fingerprint density at radius 1 is 1.22 bits per heavy atom. The van der Waals surface area contributed by atoms with Crippen molar-refractivity contribution in [1.82, 2.24) is 20.1 Å². The highest BCUT2D eigenvalue weighted by Crippen LogP contribution is 2.20. The second-order valence-electron chi connectivity index (χ2n) is 3.65. The van der Waals surface area contributed by atoms with Gasteiger partial charge in [0.2, 0.25) is 12.3 Å². The minimum absolute atomic E-state index is 0.226. The van der Waals surface area contributed by atoms with E-state index >= 15 is 0 Å². The summed E-state index contributed by atoms with van der Waals surface area (Å²) in [6.07, 6.45) is 1.28. The van der Waals surface area contributed by atoms with E-state index in [2.05, 4.69) is 29.9 Å². The van der Waals surface area contributed by atoms with Crippen LogP contribution < -0.4 is 11.1 Å². The first kappa shape index (κ1) is 10.5. The molecule has 0 bridgehead atoms. The molecule has 0 spiro atoms. The number of nitrogens with one attached hydrogen (secondary N) is 1. The van der Waals surface area contributed by atoms with Crippen molar-refractivity contribution in [1.29, 1.82) is 0 Å². The Labute approximate surface area is 102 Å². The van der Waals surface area contributed by atoms with Crippen LogP contribution in [0.25, 0.3) is 10.9 Å². The maximum atomic E-state index is 5.66. The summed E-state index contributed by atoms with van der Waals surface area (Å²) >= 11 is 0. The largest absolute Gasteiger partial charge is 0.368 e. The molecule has 3 rings (SSSR count). The molecule has 0 aliphatic rings. The van der Waals surface area contributed by atoms with Gasteiger partial charge in [0.25, 0.3) is 0 Å². The van der Waals surface area contributed by atoms with Crippen molar-refractivity contribution in [2.75, 3.05) is 11.1 Å². The van der Waals surface area contributed by atoms with E-state index in [9.17, 15) is 0 Å². The molecule has 3 aromatic rings. The summed E-state index contributed by atoms with van der Waals surface area (Å²) in [4.78, 5) is 12.2. The lowest BCUT2D eigenvalue weighted by Gasteiger charge is -2.07. The van der Waals surface area contributed by atoms with E-state index in [0.717, 1.165) is 10.9 Å². The standard InChI is InChI=1S/C11H10N6O/c12-11-15-8-4-2-1-3-7(8)10(16-11)13-5-9-14-6-18-17-9/h1-4,6H,5H2,(H3,12,13,15,16). The summed E-state index contributed by atoms with van der Waals surface area (Å²) in [6, 6.07) is 7.62. The normalized spacial score (nSPS) is 10.7. The first-order valence-electron chi connectivity index (χ1n) is 5.34. The number of nitrogens with zero attached hydrogens (tertiary/aromatic N) is 4. The van der Waals surface area contributed by atoms with E-state index in [1.807, 2.05) is 24.3 Å². The number of nitrogens with two attached hydrogens (primary N) is 1. The Bertz CT molecular complexity index is 666. The molecule has 0 saturated carbocycles. The van der Waals surface area contributed by atoms with E-state index in [1.54, 1.807) is 0 Å². The average Bonchev–Trinajstić information content (AvgIpc) is 2.89. The van der Waals surface area contributed by atoms with Gasteiger partial charge >= 0.3 is 0 Å². The van der Waals surface area contributed by atoms with E-state index in [-0.39, 0.29) is 5.95 Å². The predicted molar refractivity (Wildman–Crippen MR) is 65.6 cm³/mol. The fourth-order valence-corrected chi connectivity index (χ4v) is 1.66. The molecular formula is C11H10N6O. The van der Waals surface area contributed by atoms with Crippen LogP contribution in [0.2, 0.25) is 0 Å². The minimum atomic E-state index is 0.226. The summed E-state index contributed by atoms with van der Waals surface area (Å²) in [5.74, 6) is 1.43. The number of aromatic nitrogens is 4. The van der Waals surface area contributed by atoms with E-state index in [1.165, 1.54) is 6.39 Å². The molecule has 0 fully saturated rings. The zero-order valence-electron chi connectivity index (χ0n) is 9.37. The van der Waals surface area contributed by atoms with Gasteiger partial charge in [-0.2, -0.15) is 9.97 Å². The van der Waals surface area contributed by atoms with Crippen LogP contribution in [0.4, 0.5) is 11.8 Å². The molecule has 90 valence electrons. The van der Waals surface area contributed by atoms with Crippen LogP contribution in [-0.4, -0.2) is 20.1 Å². The molecule has 2 aromatic heterocycles. The third-order valence-electron chi connectivity index (χ3n) is 2.44. The van der Waals surface area contributed by atoms with Gasteiger partial charge < -0.3 is 15.6 Å². The highest BCUT2D eigenvalue weighted by molar-refractivity contribution is 5.89. The SMILES string of the molecule is Nc1nc(NCc2ncon2)c2ccccc2n1. The lowest BCUT2D eigenvalue weighted by atomic mass is 10.2. The van der Waals surface area contributed by atoms with Gasteiger partial charge in [-0.15, -0.1) is 0 Å². The van der Waals surface area contributed by atoms with Crippen LogP contribution in [0.3, 0.4) is 0 Å². The van der Waals surface area contributed by atoms with Gasteiger partial charge in [-0.3, -0.25) is 0 Å². The number of anilines is 2. The predicted octanol–water partition coefficient (Wildman–Crippen LogP) is 1.21. The summed E-state index contributed by atoms with van der Waals surface area (Å²) in [6.45, 7) is 0.414. The summed E-state index contributed by atoms with van der Waals surface area (Å²) in [7, 11) is 0. The third kappa shape index (κ3) is 1.93. The number of benzene rings is 1. The Kier molecular flexibility index (Phi) is 2.49. The summed E-state index contributed by atoms with van der Waals surface area (Å²) < 4.78 is 4.66. The van der Waals surface area contributed by atoms with Gasteiger partial charge in [0.05, 0.1) is 12.1 Å². The Morgan fingerprint density at radius 2 is 2.11 bits per heavy atom. The Morgan fingerprint density at radius 3 is 2.94 bits per heavy atom. The zero-order valence-corrected chi connectivity index (χ0v) is 9.37. The van der Waals surface area contributed by atoms with Crippen molar-refractivity contribution in [3.63, 3.8) is 0 Å². The van der Waals surface area contributed by atoms with Crippen LogP contribution in [0.15, 0.2) is 35.2 Å². The molecule has 0 unspecified atom stereocenters. The molecule has 3 N–H and O–H groups in total.